The second kappa shape index (κ2) is 6.59. The van der Waals surface area contributed by atoms with Gasteiger partial charge in [0.2, 0.25) is 5.91 Å². The van der Waals surface area contributed by atoms with Crippen LogP contribution in [-0.2, 0) is 9.59 Å². The standard InChI is InChI=1S/C12H22N2O3/c1-8(2)11(12(16)17)14-10(15)7-9-3-5-13-6-4-9/h8-9,11,13H,3-7H2,1-2H3,(H,14,15)(H,16,17)/t11-/m1/s1. The highest BCUT2D eigenvalue weighted by molar-refractivity contribution is 5.83. The van der Waals surface area contributed by atoms with Crippen LogP contribution in [0.5, 0.6) is 0 Å². The molecule has 0 aromatic rings. The van der Waals surface area contributed by atoms with Crippen molar-refractivity contribution in [2.45, 2.75) is 39.2 Å². The molecule has 0 saturated carbocycles. The molecule has 1 atom stereocenters. The van der Waals surface area contributed by atoms with Gasteiger partial charge in [0, 0.05) is 6.42 Å². The molecule has 0 aliphatic carbocycles. The summed E-state index contributed by atoms with van der Waals surface area (Å²) in [6.07, 6.45) is 2.43. The van der Waals surface area contributed by atoms with Crippen LogP contribution in [-0.4, -0.2) is 36.1 Å². The van der Waals surface area contributed by atoms with E-state index in [0.717, 1.165) is 25.9 Å². The van der Waals surface area contributed by atoms with Crippen LogP contribution in [0, 0.1) is 11.8 Å². The monoisotopic (exact) mass is 242 g/mol. The van der Waals surface area contributed by atoms with Crippen molar-refractivity contribution in [3.8, 4) is 0 Å². The van der Waals surface area contributed by atoms with E-state index >= 15 is 0 Å². The maximum absolute atomic E-state index is 11.7. The van der Waals surface area contributed by atoms with Gasteiger partial charge < -0.3 is 15.7 Å². The summed E-state index contributed by atoms with van der Waals surface area (Å²) in [5.74, 6) is -0.806. The maximum atomic E-state index is 11.7. The van der Waals surface area contributed by atoms with Crippen LogP contribution < -0.4 is 10.6 Å². The zero-order valence-corrected chi connectivity index (χ0v) is 10.5. The molecule has 0 bridgehead atoms. The van der Waals surface area contributed by atoms with Gasteiger partial charge in [-0.05, 0) is 37.8 Å². The third kappa shape index (κ3) is 4.73. The highest BCUT2D eigenvalue weighted by atomic mass is 16.4. The van der Waals surface area contributed by atoms with Crippen LogP contribution in [0.3, 0.4) is 0 Å². The quantitative estimate of drug-likeness (QED) is 0.659. The van der Waals surface area contributed by atoms with Crippen molar-refractivity contribution < 1.29 is 14.7 Å². The van der Waals surface area contributed by atoms with Gasteiger partial charge in [-0.2, -0.15) is 0 Å². The van der Waals surface area contributed by atoms with E-state index in [9.17, 15) is 9.59 Å². The lowest BCUT2D eigenvalue weighted by molar-refractivity contribution is -0.143. The predicted molar refractivity (Wildman–Crippen MR) is 64.6 cm³/mol. The summed E-state index contributed by atoms with van der Waals surface area (Å²) in [6.45, 7) is 5.49. The first-order chi connectivity index (χ1) is 8.00. The van der Waals surface area contributed by atoms with E-state index in [1.807, 2.05) is 0 Å². The normalized spacial score (nSPS) is 19.0. The Hall–Kier alpha value is -1.10. The van der Waals surface area contributed by atoms with Gasteiger partial charge >= 0.3 is 5.97 Å². The molecule has 1 aliphatic heterocycles. The predicted octanol–water partition coefficient (Wildman–Crippen LogP) is 0.601. The van der Waals surface area contributed by atoms with Crippen molar-refractivity contribution in [3.05, 3.63) is 0 Å². The Balaban J connectivity index is 2.38. The topological polar surface area (TPSA) is 78.4 Å². The maximum Gasteiger partial charge on any atom is 0.326 e. The van der Waals surface area contributed by atoms with Gasteiger partial charge in [0.1, 0.15) is 6.04 Å². The number of carbonyl (C=O) groups is 2. The molecule has 0 aromatic carbocycles. The van der Waals surface area contributed by atoms with E-state index in [-0.39, 0.29) is 11.8 Å². The minimum Gasteiger partial charge on any atom is -0.480 e. The first kappa shape index (κ1) is 14.0. The first-order valence-electron chi connectivity index (χ1n) is 6.23. The van der Waals surface area contributed by atoms with Gasteiger partial charge in [-0.15, -0.1) is 0 Å². The molecule has 17 heavy (non-hydrogen) atoms. The average Bonchev–Trinajstić information content (AvgIpc) is 2.26. The third-order valence-electron chi connectivity index (χ3n) is 3.18. The minimum absolute atomic E-state index is 0.0931. The van der Waals surface area contributed by atoms with Gasteiger partial charge in [-0.25, -0.2) is 4.79 Å². The first-order valence-corrected chi connectivity index (χ1v) is 6.23. The van der Waals surface area contributed by atoms with Crippen LogP contribution in [0.2, 0.25) is 0 Å². The Labute approximate surface area is 102 Å². The van der Waals surface area contributed by atoms with E-state index in [4.69, 9.17) is 5.11 Å². The van der Waals surface area contributed by atoms with Gasteiger partial charge in [-0.1, -0.05) is 13.8 Å². The number of carboxylic acid groups (broad SMARTS) is 1. The van der Waals surface area contributed by atoms with Crippen molar-refractivity contribution >= 4 is 11.9 Å². The van der Waals surface area contributed by atoms with Gasteiger partial charge in [0.25, 0.3) is 0 Å². The number of nitrogens with one attached hydrogen (secondary N) is 2. The molecule has 0 unspecified atom stereocenters. The van der Waals surface area contributed by atoms with E-state index in [2.05, 4.69) is 10.6 Å². The molecule has 0 radical (unpaired) electrons. The Morgan fingerprint density at radius 1 is 1.35 bits per heavy atom. The highest BCUT2D eigenvalue weighted by Crippen LogP contribution is 2.16. The molecule has 1 rings (SSSR count). The average molecular weight is 242 g/mol. The lowest BCUT2D eigenvalue weighted by atomic mass is 9.94. The van der Waals surface area contributed by atoms with Crippen molar-refractivity contribution in [1.82, 2.24) is 10.6 Å². The number of hydrogen-bond acceptors (Lipinski definition) is 3. The third-order valence-corrected chi connectivity index (χ3v) is 3.18. The summed E-state index contributed by atoms with van der Waals surface area (Å²) < 4.78 is 0. The molecule has 5 heteroatoms. The summed E-state index contributed by atoms with van der Waals surface area (Å²) in [5.41, 5.74) is 0. The number of hydrogen-bond donors (Lipinski definition) is 3. The lowest BCUT2D eigenvalue weighted by Gasteiger charge is -2.23. The van der Waals surface area contributed by atoms with Gasteiger partial charge in [-0.3, -0.25) is 4.79 Å². The van der Waals surface area contributed by atoms with E-state index in [1.54, 1.807) is 13.8 Å². The highest BCUT2D eigenvalue weighted by Gasteiger charge is 2.25. The summed E-state index contributed by atoms with van der Waals surface area (Å²) in [4.78, 5) is 22.7. The van der Waals surface area contributed by atoms with Gasteiger partial charge in [0.05, 0.1) is 0 Å². The Morgan fingerprint density at radius 3 is 2.41 bits per heavy atom. The van der Waals surface area contributed by atoms with Crippen LogP contribution in [0.1, 0.15) is 33.1 Å². The smallest absolute Gasteiger partial charge is 0.326 e. The van der Waals surface area contributed by atoms with Crippen LogP contribution in [0.25, 0.3) is 0 Å². The van der Waals surface area contributed by atoms with Crippen molar-refractivity contribution in [3.63, 3.8) is 0 Å². The molecule has 1 saturated heterocycles. The number of piperidine rings is 1. The molecule has 0 spiro atoms. The molecular formula is C12H22N2O3. The lowest BCUT2D eigenvalue weighted by Crippen LogP contribution is -2.45. The SMILES string of the molecule is CC(C)[C@@H](NC(=O)CC1CCNCC1)C(=O)O. The van der Waals surface area contributed by atoms with Gasteiger partial charge in [0.15, 0.2) is 0 Å². The number of carboxylic acids is 1. The number of carbonyl (C=O) groups excluding carboxylic acids is 1. The van der Waals surface area contributed by atoms with Crippen LogP contribution in [0.4, 0.5) is 0 Å². The fourth-order valence-electron chi connectivity index (χ4n) is 2.09. The summed E-state index contributed by atoms with van der Waals surface area (Å²) in [5, 5.41) is 14.8. The van der Waals surface area contributed by atoms with Crippen molar-refractivity contribution in [2.24, 2.45) is 11.8 Å². The Bertz CT molecular complexity index is 273. The Kier molecular flexibility index (Phi) is 5.41. The molecule has 0 aromatic heterocycles. The molecule has 1 fully saturated rings. The molecule has 1 heterocycles. The van der Waals surface area contributed by atoms with Crippen LogP contribution >= 0.6 is 0 Å². The zero-order valence-electron chi connectivity index (χ0n) is 10.5. The zero-order chi connectivity index (χ0) is 12.8. The molecule has 98 valence electrons. The second-order valence-electron chi connectivity index (χ2n) is 5.02. The summed E-state index contributed by atoms with van der Waals surface area (Å²) in [7, 11) is 0. The fourth-order valence-corrected chi connectivity index (χ4v) is 2.09. The molecule has 1 amide bonds. The molecule has 5 nitrogen and oxygen atoms in total. The molecule has 1 aliphatic rings. The van der Waals surface area contributed by atoms with Crippen molar-refractivity contribution in [2.75, 3.05) is 13.1 Å². The number of aliphatic carboxylic acids is 1. The number of rotatable bonds is 5. The Morgan fingerprint density at radius 2 is 1.94 bits per heavy atom. The van der Waals surface area contributed by atoms with Crippen LogP contribution in [0.15, 0.2) is 0 Å². The van der Waals surface area contributed by atoms with E-state index in [1.165, 1.54) is 0 Å². The second-order valence-corrected chi connectivity index (χ2v) is 5.02. The summed E-state index contributed by atoms with van der Waals surface area (Å²) in [6, 6.07) is -0.774. The summed E-state index contributed by atoms with van der Waals surface area (Å²) >= 11 is 0. The molecular weight excluding hydrogens is 220 g/mol. The van der Waals surface area contributed by atoms with E-state index < -0.39 is 12.0 Å². The minimum atomic E-state index is -0.960. The van der Waals surface area contributed by atoms with E-state index in [0.29, 0.717) is 12.3 Å². The largest absolute Gasteiger partial charge is 0.480 e. The number of amides is 1. The molecule has 3 N–H and O–H groups in total. The van der Waals surface area contributed by atoms with Crippen molar-refractivity contribution in [1.29, 1.82) is 0 Å². The fraction of sp³-hybridized carbons (Fsp3) is 0.833.